The zero-order valence-corrected chi connectivity index (χ0v) is 7.21. The van der Waals surface area contributed by atoms with Crippen LogP contribution in [0.4, 0.5) is 0 Å². The van der Waals surface area contributed by atoms with Crippen LogP contribution in [0.1, 0.15) is 12.8 Å². The second-order valence-electron chi connectivity index (χ2n) is 3.44. The van der Waals surface area contributed by atoms with Crippen molar-refractivity contribution in [2.24, 2.45) is 4.99 Å². The molecule has 2 rings (SSSR count). The van der Waals surface area contributed by atoms with Gasteiger partial charge in [0.15, 0.2) is 0 Å². The van der Waals surface area contributed by atoms with Gasteiger partial charge in [0.1, 0.15) is 5.54 Å². The van der Waals surface area contributed by atoms with Crippen molar-refractivity contribution in [1.29, 1.82) is 0 Å². The van der Waals surface area contributed by atoms with E-state index in [1.165, 1.54) is 0 Å². The minimum Gasteiger partial charge on any atom is -0.317 e. The highest BCUT2D eigenvalue weighted by molar-refractivity contribution is 5.99. The Bertz CT molecular complexity index is 230. The number of aliphatic imine (C=N–C) groups is 1. The third-order valence-electron chi connectivity index (χ3n) is 2.63. The first kappa shape index (κ1) is 7.73. The number of piperidine rings is 1. The van der Waals surface area contributed by atoms with Gasteiger partial charge in [0.25, 0.3) is 5.91 Å². The molecule has 0 aromatic carbocycles. The highest BCUT2D eigenvalue weighted by Gasteiger charge is 2.43. The van der Waals surface area contributed by atoms with E-state index in [4.69, 9.17) is 0 Å². The predicted molar refractivity (Wildman–Crippen MR) is 46.1 cm³/mol. The van der Waals surface area contributed by atoms with E-state index in [1.54, 1.807) is 18.3 Å². The number of likely N-dealkylation sites (N-methyl/N-ethyl adjacent to an activating group) is 1. The van der Waals surface area contributed by atoms with E-state index in [2.05, 4.69) is 10.3 Å². The molecule has 1 N–H and O–H groups in total. The molecule has 0 atom stereocenters. The van der Waals surface area contributed by atoms with Gasteiger partial charge in [-0.2, -0.15) is 0 Å². The fraction of sp³-hybridized carbons (Fsp3) is 0.750. The van der Waals surface area contributed by atoms with E-state index in [0.29, 0.717) is 0 Å². The van der Waals surface area contributed by atoms with Gasteiger partial charge in [0.2, 0.25) is 0 Å². The van der Waals surface area contributed by atoms with Crippen LogP contribution in [0.2, 0.25) is 0 Å². The summed E-state index contributed by atoms with van der Waals surface area (Å²) in [6, 6.07) is 0. The lowest BCUT2D eigenvalue weighted by molar-refractivity contribution is -0.131. The van der Waals surface area contributed by atoms with E-state index in [-0.39, 0.29) is 5.91 Å². The Balaban J connectivity index is 2.20. The fourth-order valence-corrected chi connectivity index (χ4v) is 1.82. The number of amides is 1. The molecule has 2 aliphatic rings. The number of hydrogen-bond acceptors (Lipinski definition) is 3. The molecule has 0 aliphatic carbocycles. The van der Waals surface area contributed by atoms with Crippen LogP contribution in [0.15, 0.2) is 4.99 Å². The zero-order valence-electron chi connectivity index (χ0n) is 7.21. The topological polar surface area (TPSA) is 44.7 Å². The molecular formula is C8H13N3O. The Labute approximate surface area is 71.6 Å². The summed E-state index contributed by atoms with van der Waals surface area (Å²) in [5, 5.41) is 3.23. The van der Waals surface area contributed by atoms with Gasteiger partial charge >= 0.3 is 0 Å². The molecule has 0 saturated carbocycles. The first-order valence-electron chi connectivity index (χ1n) is 4.28. The normalized spacial score (nSPS) is 27.1. The number of nitrogens with zero attached hydrogens (tertiary/aromatic N) is 2. The fourth-order valence-electron chi connectivity index (χ4n) is 1.82. The van der Waals surface area contributed by atoms with Gasteiger partial charge < -0.3 is 10.2 Å². The summed E-state index contributed by atoms with van der Waals surface area (Å²) >= 11 is 0. The zero-order chi connectivity index (χ0) is 8.60. The first-order chi connectivity index (χ1) is 5.75. The number of nitrogens with one attached hydrogen (secondary N) is 1. The van der Waals surface area contributed by atoms with Crippen LogP contribution in [0.3, 0.4) is 0 Å². The van der Waals surface area contributed by atoms with E-state index in [0.717, 1.165) is 25.9 Å². The lowest BCUT2D eigenvalue weighted by Crippen LogP contribution is -2.47. The maximum absolute atomic E-state index is 11.7. The van der Waals surface area contributed by atoms with E-state index in [9.17, 15) is 4.79 Å². The monoisotopic (exact) mass is 167 g/mol. The van der Waals surface area contributed by atoms with Crippen molar-refractivity contribution in [3.63, 3.8) is 0 Å². The van der Waals surface area contributed by atoms with Crippen LogP contribution < -0.4 is 5.32 Å². The van der Waals surface area contributed by atoms with Crippen molar-refractivity contribution in [2.75, 3.05) is 20.1 Å². The third kappa shape index (κ3) is 0.948. The van der Waals surface area contributed by atoms with Gasteiger partial charge in [-0.3, -0.25) is 9.79 Å². The summed E-state index contributed by atoms with van der Waals surface area (Å²) in [6.07, 6.45) is 3.33. The van der Waals surface area contributed by atoms with Crippen molar-refractivity contribution < 1.29 is 4.79 Å². The highest BCUT2D eigenvalue weighted by Crippen LogP contribution is 2.28. The lowest BCUT2D eigenvalue weighted by atomic mass is 9.89. The smallest absolute Gasteiger partial charge is 0.255 e. The standard InChI is InChI=1S/C8H13N3O/c1-11-6-10-8(7(11)12)2-4-9-5-3-8/h6,9H,2-5H2,1H3. The van der Waals surface area contributed by atoms with Crippen molar-refractivity contribution in [3.8, 4) is 0 Å². The van der Waals surface area contributed by atoms with Gasteiger partial charge in [0.05, 0.1) is 6.34 Å². The molecule has 4 heteroatoms. The molecule has 1 saturated heterocycles. The Morgan fingerprint density at radius 1 is 1.58 bits per heavy atom. The molecule has 0 unspecified atom stereocenters. The molecular weight excluding hydrogens is 154 g/mol. The lowest BCUT2D eigenvalue weighted by Gasteiger charge is -2.29. The van der Waals surface area contributed by atoms with Gasteiger partial charge in [-0.25, -0.2) is 0 Å². The van der Waals surface area contributed by atoms with Gasteiger partial charge in [-0.15, -0.1) is 0 Å². The summed E-state index contributed by atoms with van der Waals surface area (Å²) in [6.45, 7) is 1.80. The third-order valence-corrected chi connectivity index (χ3v) is 2.63. The van der Waals surface area contributed by atoms with Gasteiger partial charge in [0, 0.05) is 7.05 Å². The van der Waals surface area contributed by atoms with Crippen LogP contribution in [0.5, 0.6) is 0 Å². The molecule has 66 valence electrons. The summed E-state index contributed by atoms with van der Waals surface area (Å²) in [4.78, 5) is 17.5. The highest BCUT2D eigenvalue weighted by atomic mass is 16.2. The predicted octanol–water partition coefficient (Wildman–Crippen LogP) is -0.391. The second-order valence-corrected chi connectivity index (χ2v) is 3.44. The van der Waals surface area contributed by atoms with Crippen LogP contribution in [-0.4, -0.2) is 42.8 Å². The van der Waals surface area contributed by atoms with Crippen LogP contribution in [0.25, 0.3) is 0 Å². The number of carbonyl (C=O) groups excluding carboxylic acids is 1. The Morgan fingerprint density at radius 3 is 2.75 bits per heavy atom. The van der Waals surface area contributed by atoms with Crippen molar-refractivity contribution >= 4 is 12.2 Å². The van der Waals surface area contributed by atoms with Crippen LogP contribution >= 0.6 is 0 Å². The van der Waals surface area contributed by atoms with E-state index in [1.807, 2.05) is 0 Å². The molecule has 0 aromatic heterocycles. The average Bonchev–Trinajstić information content (AvgIpc) is 2.37. The van der Waals surface area contributed by atoms with E-state index >= 15 is 0 Å². The Hall–Kier alpha value is -0.900. The molecule has 0 aromatic rings. The maximum atomic E-state index is 11.7. The minimum atomic E-state index is -0.403. The van der Waals surface area contributed by atoms with Gasteiger partial charge in [-0.1, -0.05) is 0 Å². The maximum Gasteiger partial charge on any atom is 0.255 e. The molecule has 2 heterocycles. The summed E-state index contributed by atoms with van der Waals surface area (Å²) in [5.41, 5.74) is -0.403. The number of carbonyl (C=O) groups is 1. The summed E-state index contributed by atoms with van der Waals surface area (Å²) in [7, 11) is 1.77. The molecule has 0 bridgehead atoms. The van der Waals surface area contributed by atoms with Crippen molar-refractivity contribution in [3.05, 3.63) is 0 Å². The van der Waals surface area contributed by atoms with E-state index < -0.39 is 5.54 Å². The van der Waals surface area contributed by atoms with Crippen molar-refractivity contribution in [1.82, 2.24) is 10.2 Å². The Kier molecular flexibility index (Phi) is 1.65. The number of hydrogen-bond donors (Lipinski definition) is 1. The molecule has 2 aliphatic heterocycles. The summed E-state index contributed by atoms with van der Waals surface area (Å²) < 4.78 is 0. The van der Waals surface area contributed by atoms with Gasteiger partial charge in [-0.05, 0) is 25.9 Å². The first-order valence-corrected chi connectivity index (χ1v) is 4.28. The molecule has 0 radical (unpaired) electrons. The van der Waals surface area contributed by atoms with Crippen LogP contribution in [-0.2, 0) is 4.79 Å². The minimum absolute atomic E-state index is 0.156. The molecule has 1 amide bonds. The van der Waals surface area contributed by atoms with Crippen molar-refractivity contribution in [2.45, 2.75) is 18.4 Å². The largest absolute Gasteiger partial charge is 0.317 e. The molecule has 4 nitrogen and oxygen atoms in total. The SMILES string of the molecule is CN1C=NC2(CCNCC2)C1=O. The number of rotatable bonds is 0. The molecule has 1 fully saturated rings. The molecule has 12 heavy (non-hydrogen) atoms. The second kappa shape index (κ2) is 2.55. The quantitative estimate of drug-likeness (QED) is 0.534. The Morgan fingerprint density at radius 2 is 2.25 bits per heavy atom. The summed E-state index contributed by atoms with van der Waals surface area (Å²) in [5.74, 6) is 0.156. The van der Waals surface area contributed by atoms with Crippen LogP contribution in [0, 0.1) is 0 Å². The average molecular weight is 167 g/mol. The molecule has 1 spiro atoms.